The van der Waals surface area contributed by atoms with Gasteiger partial charge in [-0.3, -0.25) is 0 Å². The zero-order valence-corrected chi connectivity index (χ0v) is 12.7. The number of nitrogens with one attached hydrogen (secondary N) is 1. The monoisotopic (exact) mass is 287 g/mol. The lowest BCUT2D eigenvalue weighted by atomic mass is 10.2. The van der Waals surface area contributed by atoms with Crippen molar-refractivity contribution in [2.24, 2.45) is 0 Å². The van der Waals surface area contributed by atoms with Crippen molar-refractivity contribution in [3.63, 3.8) is 0 Å². The first-order valence-electron chi connectivity index (χ1n) is 6.94. The second-order valence-electron chi connectivity index (χ2n) is 4.50. The Morgan fingerprint density at radius 1 is 0.952 bits per heavy atom. The Bertz CT molecular complexity index is 584. The van der Waals surface area contributed by atoms with Gasteiger partial charge in [-0.25, -0.2) is 0 Å². The Morgan fingerprint density at radius 3 is 2.52 bits per heavy atom. The lowest BCUT2D eigenvalue weighted by Gasteiger charge is -2.12. The van der Waals surface area contributed by atoms with Gasteiger partial charge < -0.3 is 19.5 Å². The number of benzene rings is 2. The van der Waals surface area contributed by atoms with E-state index in [9.17, 15) is 0 Å². The molecule has 21 heavy (non-hydrogen) atoms. The molecule has 0 unspecified atom stereocenters. The van der Waals surface area contributed by atoms with Crippen LogP contribution in [-0.2, 0) is 6.54 Å². The molecule has 2 aromatic rings. The molecule has 0 aliphatic heterocycles. The van der Waals surface area contributed by atoms with Crippen molar-refractivity contribution in [3.8, 4) is 17.2 Å². The number of ether oxygens (including phenoxy) is 3. The van der Waals surface area contributed by atoms with E-state index in [1.807, 2.05) is 49.4 Å². The third kappa shape index (κ3) is 4.05. The highest BCUT2D eigenvalue weighted by atomic mass is 16.5. The summed E-state index contributed by atoms with van der Waals surface area (Å²) in [5.41, 5.74) is 2.14. The van der Waals surface area contributed by atoms with Gasteiger partial charge in [-0.05, 0) is 36.8 Å². The van der Waals surface area contributed by atoms with Crippen LogP contribution in [0.4, 0.5) is 5.69 Å². The van der Waals surface area contributed by atoms with Gasteiger partial charge in [0.25, 0.3) is 0 Å². The summed E-state index contributed by atoms with van der Waals surface area (Å²) in [6.07, 6.45) is 0. The van der Waals surface area contributed by atoms with Crippen molar-refractivity contribution >= 4 is 5.69 Å². The topological polar surface area (TPSA) is 39.7 Å². The summed E-state index contributed by atoms with van der Waals surface area (Å²) < 4.78 is 16.1. The van der Waals surface area contributed by atoms with Crippen molar-refractivity contribution in [2.75, 3.05) is 26.1 Å². The van der Waals surface area contributed by atoms with E-state index in [0.29, 0.717) is 13.2 Å². The molecule has 0 saturated carbocycles. The highest BCUT2D eigenvalue weighted by Gasteiger charge is 2.05. The standard InChI is InChI=1S/C17H21NO3/c1-4-21-16-9-8-13(10-17(16)20-3)12-18-14-6-5-7-15(11-14)19-2/h5-11,18H,4,12H2,1-3H3. The van der Waals surface area contributed by atoms with Crippen molar-refractivity contribution in [1.29, 1.82) is 0 Å². The van der Waals surface area contributed by atoms with Gasteiger partial charge in [-0.15, -0.1) is 0 Å². The molecule has 0 aromatic heterocycles. The average molecular weight is 287 g/mol. The second kappa shape index (κ2) is 7.43. The minimum absolute atomic E-state index is 0.623. The van der Waals surface area contributed by atoms with Gasteiger partial charge in [0.15, 0.2) is 11.5 Å². The molecule has 0 aliphatic rings. The van der Waals surface area contributed by atoms with Gasteiger partial charge in [-0.2, -0.15) is 0 Å². The van der Waals surface area contributed by atoms with Crippen molar-refractivity contribution < 1.29 is 14.2 Å². The average Bonchev–Trinajstić information content (AvgIpc) is 2.54. The molecular formula is C17H21NO3. The highest BCUT2D eigenvalue weighted by molar-refractivity contribution is 5.49. The summed E-state index contributed by atoms with van der Waals surface area (Å²) in [5, 5.41) is 3.36. The van der Waals surface area contributed by atoms with E-state index in [-0.39, 0.29) is 0 Å². The number of hydrogen-bond donors (Lipinski definition) is 1. The van der Waals surface area contributed by atoms with Crippen LogP contribution < -0.4 is 19.5 Å². The van der Waals surface area contributed by atoms with Crippen LogP contribution in [0.2, 0.25) is 0 Å². The third-order valence-electron chi connectivity index (χ3n) is 3.09. The summed E-state index contributed by atoms with van der Waals surface area (Å²) in [6, 6.07) is 13.8. The molecule has 0 radical (unpaired) electrons. The van der Waals surface area contributed by atoms with Gasteiger partial charge in [0, 0.05) is 18.3 Å². The number of methoxy groups -OCH3 is 2. The molecule has 0 saturated heterocycles. The quantitative estimate of drug-likeness (QED) is 0.842. The maximum atomic E-state index is 5.51. The van der Waals surface area contributed by atoms with Crippen LogP contribution in [-0.4, -0.2) is 20.8 Å². The zero-order chi connectivity index (χ0) is 15.1. The first-order chi connectivity index (χ1) is 10.3. The molecule has 2 aromatic carbocycles. The molecule has 112 valence electrons. The molecule has 0 atom stereocenters. The number of anilines is 1. The number of rotatable bonds is 7. The molecule has 1 N–H and O–H groups in total. The fourth-order valence-electron chi connectivity index (χ4n) is 2.03. The lowest BCUT2D eigenvalue weighted by Crippen LogP contribution is -2.01. The maximum absolute atomic E-state index is 5.51. The van der Waals surface area contributed by atoms with Crippen molar-refractivity contribution in [3.05, 3.63) is 48.0 Å². The fourth-order valence-corrected chi connectivity index (χ4v) is 2.03. The predicted molar refractivity (Wildman–Crippen MR) is 84.5 cm³/mol. The van der Waals surface area contributed by atoms with Gasteiger partial charge >= 0.3 is 0 Å². The molecular weight excluding hydrogens is 266 g/mol. The van der Waals surface area contributed by atoms with E-state index in [2.05, 4.69) is 5.32 Å². The molecule has 0 aliphatic carbocycles. The molecule has 4 heteroatoms. The Balaban J connectivity index is 2.05. The summed E-state index contributed by atoms with van der Waals surface area (Å²) in [6.45, 7) is 3.28. The van der Waals surface area contributed by atoms with Crippen molar-refractivity contribution in [2.45, 2.75) is 13.5 Å². The molecule has 0 bridgehead atoms. The summed E-state index contributed by atoms with van der Waals surface area (Å²) in [7, 11) is 3.31. The molecule has 4 nitrogen and oxygen atoms in total. The molecule has 0 amide bonds. The van der Waals surface area contributed by atoms with Crippen LogP contribution in [0.25, 0.3) is 0 Å². The Labute approximate surface area is 125 Å². The van der Waals surface area contributed by atoms with Crippen LogP contribution in [0.15, 0.2) is 42.5 Å². The number of hydrogen-bond acceptors (Lipinski definition) is 4. The minimum atomic E-state index is 0.623. The molecule has 0 fully saturated rings. The lowest BCUT2D eigenvalue weighted by molar-refractivity contribution is 0.310. The van der Waals surface area contributed by atoms with Gasteiger partial charge in [0.2, 0.25) is 0 Å². The third-order valence-corrected chi connectivity index (χ3v) is 3.09. The highest BCUT2D eigenvalue weighted by Crippen LogP contribution is 2.28. The van der Waals surface area contributed by atoms with Gasteiger partial charge in [0.05, 0.1) is 20.8 Å². The summed E-state index contributed by atoms with van der Waals surface area (Å²) in [4.78, 5) is 0. The largest absolute Gasteiger partial charge is 0.497 e. The van der Waals surface area contributed by atoms with Crippen LogP contribution >= 0.6 is 0 Å². The van der Waals surface area contributed by atoms with Crippen molar-refractivity contribution in [1.82, 2.24) is 0 Å². The van der Waals surface area contributed by atoms with E-state index < -0.39 is 0 Å². The van der Waals surface area contributed by atoms with Crippen LogP contribution in [0.1, 0.15) is 12.5 Å². The zero-order valence-electron chi connectivity index (χ0n) is 12.7. The van der Waals surface area contributed by atoms with E-state index >= 15 is 0 Å². The van der Waals surface area contributed by atoms with E-state index in [4.69, 9.17) is 14.2 Å². The second-order valence-corrected chi connectivity index (χ2v) is 4.50. The van der Waals surface area contributed by atoms with Gasteiger partial charge in [-0.1, -0.05) is 12.1 Å². The fraction of sp³-hybridized carbons (Fsp3) is 0.294. The Hall–Kier alpha value is -2.36. The van der Waals surface area contributed by atoms with Crippen LogP contribution in [0, 0.1) is 0 Å². The Kier molecular flexibility index (Phi) is 5.32. The maximum Gasteiger partial charge on any atom is 0.161 e. The van der Waals surface area contributed by atoms with E-state index in [1.54, 1.807) is 14.2 Å². The van der Waals surface area contributed by atoms with Crippen LogP contribution in [0.5, 0.6) is 17.2 Å². The first-order valence-corrected chi connectivity index (χ1v) is 6.94. The van der Waals surface area contributed by atoms with E-state index in [0.717, 1.165) is 28.5 Å². The summed E-state index contributed by atoms with van der Waals surface area (Å²) >= 11 is 0. The van der Waals surface area contributed by atoms with E-state index in [1.165, 1.54) is 0 Å². The molecule has 2 rings (SSSR count). The first kappa shape index (κ1) is 15.0. The predicted octanol–water partition coefficient (Wildman–Crippen LogP) is 3.71. The normalized spacial score (nSPS) is 10.0. The SMILES string of the molecule is CCOc1ccc(CNc2cccc(OC)c2)cc1OC. The van der Waals surface area contributed by atoms with Crippen LogP contribution in [0.3, 0.4) is 0 Å². The smallest absolute Gasteiger partial charge is 0.161 e. The summed E-state index contributed by atoms with van der Waals surface area (Å²) in [5.74, 6) is 2.36. The van der Waals surface area contributed by atoms with Gasteiger partial charge in [0.1, 0.15) is 5.75 Å². The minimum Gasteiger partial charge on any atom is -0.497 e. The molecule has 0 spiro atoms. The molecule has 0 heterocycles. The Morgan fingerprint density at radius 2 is 1.81 bits per heavy atom.